The van der Waals surface area contributed by atoms with Gasteiger partial charge < -0.3 is 15.0 Å². The molecule has 0 aliphatic rings. The van der Waals surface area contributed by atoms with Gasteiger partial charge in [-0.25, -0.2) is 0 Å². The molecule has 0 saturated carbocycles. The molecule has 2 amide bonds. The van der Waals surface area contributed by atoms with E-state index in [0.717, 1.165) is 23.1 Å². The molecule has 168 valence electrons. The summed E-state index contributed by atoms with van der Waals surface area (Å²) in [5, 5.41) is 2.89. The molecule has 0 aliphatic carbocycles. The second kappa shape index (κ2) is 11.0. The Labute approximate surface area is 186 Å². The Bertz CT molecular complexity index is 886. The number of carbonyl (C=O) groups excluding carboxylic acids is 2. The third-order valence-corrected chi connectivity index (χ3v) is 5.20. The largest absolute Gasteiger partial charge is 0.483 e. The van der Waals surface area contributed by atoms with Crippen LogP contribution < -0.4 is 10.1 Å². The molecule has 5 heteroatoms. The number of amides is 2. The van der Waals surface area contributed by atoms with Gasteiger partial charge in [-0.15, -0.1) is 0 Å². The average molecular weight is 425 g/mol. The van der Waals surface area contributed by atoms with Gasteiger partial charge >= 0.3 is 0 Å². The van der Waals surface area contributed by atoms with Crippen LogP contribution in [0.15, 0.2) is 48.5 Å². The van der Waals surface area contributed by atoms with E-state index in [4.69, 9.17) is 4.74 Å². The van der Waals surface area contributed by atoms with Crippen LogP contribution in [-0.4, -0.2) is 35.9 Å². The summed E-state index contributed by atoms with van der Waals surface area (Å²) < 4.78 is 5.96. The molecule has 2 rings (SSSR count). The van der Waals surface area contributed by atoms with Gasteiger partial charge in [0.05, 0.1) is 0 Å². The van der Waals surface area contributed by atoms with Gasteiger partial charge in [0.1, 0.15) is 11.8 Å². The molecule has 31 heavy (non-hydrogen) atoms. The number of hydrogen-bond donors (Lipinski definition) is 1. The lowest BCUT2D eigenvalue weighted by atomic mass is 9.86. The Morgan fingerprint density at radius 2 is 1.81 bits per heavy atom. The molecule has 0 radical (unpaired) electrons. The molecule has 0 spiro atoms. The van der Waals surface area contributed by atoms with Crippen LogP contribution in [0.25, 0.3) is 0 Å². The number of nitrogens with one attached hydrogen (secondary N) is 1. The van der Waals surface area contributed by atoms with Crippen LogP contribution in [-0.2, 0) is 21.5 Å². The molecule has 0 aromatic heterocycles. The maximum atomic E-state index is 13.2. The normalized spacial score (nSPS) is 12.2. The van der Waals surface area contributed by atoms with Crippen LogP contribution in [0.3, 0.4) is 0 Å². The molecule has 5 nitrogen and oxygen atoms in total. The second-order valence-electron chi connectivity index (χ2n) is 9.01. The van der Waals surface area contributed by atoms with E-state index in [0.29, 0.717) is 18.8 Å². The van der Waals surface area contributed by atoms with E-state index in [-0.39, 0.29) is 23.8 Å². The highest BCUT2D eigenvalue weighted by atomic mass is 16.5. The lowest BCUT2D eigenvalue weighted by Gasteiger charge is -2.29. The fourth-order valence-electron chi connectivity index (χ4n) is 3.42. The van der Waals surface area contributed by atoms with E-state index in [1.807, 2.05) is 62.4 Å². The first kappa shape index (κ1) is 24.4. The standard InChI is InChI=1S/C26H36N2O3/c1-7-15-27-25(30)20(3)28(17-21-12-10-11-19(2)16-21)24(29)18-31-23-14-9-8-13-22(23)26(4,5)6/h8-14,16,20H,7,15,17-18H2,1-6H3,(H,27,30)/t20-/m1/s1. The summed E-state index contributed by atoms with van der Waals surface area (Å²) in [6, 6.07) is 15.2. The number of hydrogen-bond acceptors (Lipinski definition) is 3. The van der Waals surface area contributed by atoms with Crippen molar-refractivity contribution in [3.63, 3.8) is 0 Å². The fourth-order valence-corrected chi connectivity index (χ4v) is 3.42. The van der Waals surface area contributed by atoms with Crippen molar-refractivity contribution < 1.29 is 14.3 Å². The Morgan fingerprint density at radius 1 is 1.10 bits per heavy atom. The molecule has 1 N–H and O–H groups in total. The minimum Gasteiger partial charge on any atom is -0.483 e. The highest BCUT2D eigenvalue weighted by Crippen LogP contribution is 2.31. The smallest absolute Gasteiger partial charge is 0.261 e. The average Bonchev–Trinajstić information content (AvgIpc) is 2.73. The third kappa shape index (κ3) is 7.12. The predicted molar refractivity (Wildman–Crippen MR) is 125 cm³/mol. The van der Waals surface area contributed by atoms with E-state index in [1.54, 1.807) is 11.8 Å². The van der Waals surface area contributed by atoms with Crippen molar-refractivity contribution in [2.75, 3.05) is 13.2 Å². The summed E-state index contributed by atoms with van der Waals surface area (Å²) in [5.74, 6) is 0.323. The van der Waals surface area contributed by atoms with Gasteiger partial charge in [0.15, 0.2) is 6.61 Å². The van der Waals surface area contributed by atoms with Gasteiger partial charge in [0.25, 0.3) is 5.91 Å². The summed E-state index contributed by atoms with van der Waals surface area (Å²) >= 11 is 0. The van der Waals surface area contributed by atoms with Crippen molar-refractivity contribution in [1.29, 1.82) is 0 Å². The summed E-state index contributed by atoms with van der Waals surface area (Å²) in [6.45, 7) is 12.9. The van der Waals surface area contributed by atoms with Crippen molar-refractivity contribution >= 4 is 11.8 Å². The summed E-state index contributed by atoms with van der Waals surface area (Å²) in [5.41, 5.74) is 3.04. The number of benzene rings is 2. The lowest BCUT2D eigenvalue weighted by molar-refractivity contribution is -0.142. The molecule has 0 heterocycles. The molecule has 2 aromatic carbocycles. The van der Waals surface area contributed by atoms with E-state index in [9.17, 15) is 9.59 Å². The zero-order valence-corrected chi connectivity index (χ0v) is 19.7. The molecule has 2 aromatic rings. The van der Waals surface area contributed by atoms with Gasteiger partial charge in [-0.2, -0.15) is 0 Å². The van der Waals surface area contributed by atoms with Crippen molar-refractivity contribution in [1.82, 2.24) is 10.2 Å². The van der Waals surface area contributed by atoms with E-state index < -0.39 is 6.04 Å². The van der Waals surface area contributed by atoms with Crippen LogP contribution in [0.4, 0.5) is 0 Å². The van der Waals surface area contributed by atoms with Crippen molar-refractivity contribution in [3.8, 4) is 5.75 Å². The quantitative estimate of drug-likeness (QED) is 0.639. The fraction of sp³-hybridized carbons (Fsp3) is 0.462. The maximum Gasteiger partial charge on any atom is 0.261 e. The van der Waals surface area contributed by atoms with Crippen LogP contribution in [0.5, 0.6) is 5.75 Å². The highest BCUT2D eigenvalue weighted by molar-refractivity contribution is 5.88. The molecule has 0 fully saturated rings. The number of nitrogens with zero attached hydrogens (tertiary/aromatic N) is 1. The summed E-state index contributed by atoms with van der Waals surface area (Å²) in [6.07, 6.45) is 0.844. The molecule has 0 bridgehead atoms. The zero-order chi connectivity index (χ0) is 23.0. The topological polar surface area (TPSA) is 58.6 Å². The molecule has 0 aliphatic heterocycles. The van der Waals surface area contributed by atoms with Gasteiger partial charge in [-0.3, -0.25) is 9.59 Å². The monoisotopic (exact) mass is 424 g/mol. The number of aryl methyl sites for hydroxylation is 1. The SMILES string of the molecule is CCCNC(=O)[C@@H](C)N(Cc1cccc(C)c1)C(=O)COc1ccccc1C(C)(C)C. The first-order chi connectivity index (χ1) is 14.6. The third-order valence-electron chi connectivity index (χ3n) is 5.20. The van der Waals surface area contributed by atoms with Crippen LogP contribution in [0, 0.1) is 6.92 Å². The van der Waals surface area contributed by atoms with Crippen molar-refractivity contribution in [3.05, 3.63) is 65.2 Å². The first-order valence-corrected chi connectivity index (χ1v) is 11.0. The van der Waals surface area contributed by atoms with E-state index >= 15 is 0 Å². The van der Waals surface area contributed by atoms with Gasteiger partial charge in [0.2, 0.25) is 5.91 Å². The van der Waals surface area contributed by atoms with Gasteiger partial charge in [0, 0.05) is 13.1 Å². The molecular formula is C26H36N2O3. The van der Waals surface area contributed by atoms with Crippen molar-refractivity contribution in [2.45, 2.75) is 66.0 Å². The Kier molecular flexibility index (Phi) is 8.66. The van der Waals surface area contributed by atoms with Crippen LogP contribution >= 0.6 is 0 Å². The Balaban J connectivity index is 2.21. The molecule has 0 saturated heterocycles. The molecule has 1 atom stereocenters. The minimum atomic E-state index is -0.596. The highest BCUT2D eigenvalue weighted by Gasteiger charge is 2.27. The molecular weight excluding hydrogens is 388 g/mol. The number of rotatable bonds is 9. The molecule has 0 unspecified atom stereocenters. The number of ether oxygens (including phenoxy) is 1. The summed E-state index contributed by atoms with van der Waals surface area (Å²) in [4.78, 5) is 27.4. The van der Waals surface area contributed by atoms with Crippen LogP contribution in [0.1, 0.15) is 57.7 Å². The van der Waals surface area contributed by atoms with Crippen molar-refractivity contribution in [2.24, 2.45) is 0 Å². The van der Waals surface area contributed by atoms with Gasteiger partial charge in [-0.05, 0) is 42.9 Å². The maximum absolute atomic E-state index is 13.2. The minimum absolute atomic E-state index is 0.103. The predicted octanol–water partition coefficient (Wildman–Crippen LogP) is 4.61. The second-order valence-corrected chi connectivity index (χ2v) is 9.01. The van der Waals surface area contributed by atoms with E-state index in [2.05, 4.69) is 26.1 Å². The Morgan fingerprint density at radius 3 is 2.45 bits per heavy atom. The number of para-hydroxylation sites is 1. The van der Waals surface area contributed by atoms with Gasteiger partial charge in [-0.1, -0.05) is 75.7 Å². The van der Waals surface area contributed by atoms with E-state index in [1.165, 1.54) is 0 Å². The lowest BCUT2D eigenvalue weighted by Crippen LogP contribution is -2.49. The van der Waals surface area contributed by atoms with Crippen LogP contribution in [0.2, 0.25) is 0 Å². The number of carbonyl (C=O) groups is 2. The zero-order valence-electron chi connectivity index (χ0n) is 19.7. The summed E-state index contributed by atoms with van der Waals surface area (Å²) in [7, 11) is 0. The Hall–Kier alpha value is -2.82. The first-order valence-electron chi connectivity index (χ1n) is 11.0.